The molecule has 2 nitrogen and oxygen atoms in total. The van der Waals surface area contributed by atoms with E-state index in [2.05, 4.69) is 20.9 Å². The molecule has 2 rings (SSSR count). The maximum Gasteiger partial charge on any atom is 0.417 e. The molecule has 2 N–H and O–H groups in total. The summed E-state index contributed by atoms with van der Waals surface area (Å²) in [4.78, 5) is 3.85. The van der Waals surface area contributed by atoms with Gasteiger partial charge < -0.3 is 5.73 Å². The number of nitrogens with zero attached hydrogens (tertiary/aromatic N) is 1. The van der Waals surface area contributed by atoms with Gasteiger partial charge in [0.15, 0.2) is 0 Å². The van der Waals surface area contributed by atoms with Crippen LogP contribution in [0, 0.1) is 0 Å². The first kappa shape index (κ1) is 16.3. The molecule has 0 saturated heterocycles. The van der Waals surface area contributed by atoms with Crippen LogP contribution in [0.2, 0.25) is 0 Å². The van der Waals surface area contributed by atoms with E-state index in [1.54, 1.807) is 0 Å². The van der Waals surface area contributed by atoms with Crippen LogP contribution in [0.5, 0.6) is 0 Å². The molecule has 7 heteroatoms. The summed E-state index contributed by atoms with van der Waals surface area (Å²) in [6.07, 6.45) is -3.52. The quantitative estimate of drug-likeness (QED) is 0.788. The number of rotatable bonds is 4. The Balaban J connectivity index is 2.13. The summed E-state index contributed by atoms with van der Waals surface area (Å²) >= 11 is 4.70. The summed E-state index contributed by atoms with van der Waals surface area (Å²) in [6.45, 7) is 0.370. The summed E-state index contributed by atoms with van der Waals surface area (Å²) in [5, 5.41) is 0.462. The van der Waals surface area contributed by atoms with Crippen molar-refractivity contribution in [2.75, 3.05) is 6.54 Å². The Labute approximate surface area is 133 Å². The molecule has 2 aromatic rings. The second kappa shape index (κ2) is 6.81. The number of thioether (sulfide) groups is 1. The maximum absolute atomic E-state index is 12.5. The molecule has 1 atom stereocenters. The summed E-state index contributed by atoms with van der Waals surface area (Å²) in [5.74, 6) is 0. The Kier molecular flexibility index (Phi) is 5.29. The third-order valence-corrected chi connectivity index (χ3v) is 4.54. The zero-order valence-corrected chi connectivity index (χ0v) is 13.2. The fraction of sp³-hybridized carbons (Fsp3) is 0.214. The lowest BCUT2D eigenvalue weighted by Gasteiger charge is -2.15. The van der Waals surface area contributed by atoms with Crippen LogP contribution in [0.1, 0.15) is 16.4 Å². The molecular weight excluding hydrogens is 365 g/mol. The minimum atomic E-state index is -4.37. The van der Waals surface area contributed by atoms with Crippen molar-refractivity contribution in [1.82, 2.24) is 4.98 Å². The summed E-state index contributed by atoms with van der Waals surface area (Å²) in [6, 6.07) is 10.1. The molecule has 0 fully saturated rings. The molecule has 0 saturated carbocycles. The van der Waals surface area contributed by atoms with Gasteiger partial charge in [-0.25, -0.2) is 4.98 Å². The van der Waals surface area contributed by atoms with Gasteiger partial charge in [-0.1, -0.05) is 39.8 Å². The first-order chi connectivity index (χ1) is 9.90. The molecule has 1 aromatic heterocycles. The van der Waals surface area contributed by atoms with Crippen LogP contribution in [-0.2, 0) is 6.18 Å². The van der Waals surface area contributed by atoms with Crippen molar-refractivity contribution in [1.29, 1.82) is 0 Å². The summed E-state index contributed by atoms with van der Waals surface area (Å²) in [5.41, 5.74) is 6.01. The third-order valence-electron chi connectivity index (χ3n) is 2.78. The molecule has 0 radical (unpaired) electrons. The average Bonchev–Trinajstić information content (AvgIpc) is 2.45. The smallest absolute Gasteiger partial charge is 0.329 e. The van der Waals surface area contributed by atoms with E-state index in [0.717, 1.165) is 22.3 Å². The normalized spacial score (nSPS) is 13.2. The molecule has 0 bridgehead atoms. The Bertz CT molecular complexity index is 585. The number of hydrogen-bond acceptors (Lipinski definition) is 3. The average molecular weight is 377 g/mol. The lowest BCUT2D eigenvalue weighted by atomic mass is 10.1. The zero-order chi connectivity index (χ0) is 15.5. The molecule has 0 aliphatic heterocycles. The zero-order valence-electron chi connectivity index (χ0n) is 10.8. The highest BCUT2D eigenvalue weighted by Crippen LogP contribution is 2.35. The minimum absolute atomic E-state index is 0.0534. The lowest BCUT2D eigenvalue weighted by Crippen LogP contribution is -2.10. The Morgan fingerprint density at radius 3 is 2.29 bits per heavy atom. The Morgan fingerprint density at radius 2 is 1.81 bits per heavy atom. The van der Waals surface area contributed by atoms with E-state index in [0.29, 0.717) is 11.6 Å². The fourth-order valence-corrected chi connectivity index (χ4v) is 2.90. The summed E-state index contributed by atoms with van der Waals surface area (Å²) < 4.78 is 38.4. The predicted molar refractivity (Wildman–Crippen MR) is 81.0 cm³/mol. The van der Waals surface area contributed by atoms with Gasteiger partial charge in [0.25, 0.3) is 0 Å². The number of pyridine rings is 1. The van der Waals surface area contributed by atoms with Gasteiger partial charge in [-0.3, -0.25) is 0 Å². The van der Waals surface area contributed by atoms with Gasteiger partial charge >= 0.3 is 6.18 Å². The summed E-state index contributed by atoms with van der Waals surface area (Å²) in [7, 11) is 0. The van der Waals surface area contributed by atoms with E-state index in [-0.39, 0.29) is 5.25 Å². The number of nitrogens with two attached hydrogens (primary N) is 1. The predicted octanol–water partition coefficient (Wildman–Crippen LogP) is 4.66. The molecule has 1 heterocycles. The van der Waals surface area contributed by atoms with Gasteiger partial charge in [0, 0.05) is 22.5 Å². The first-order valence-electron chi connectivity index (χ1n) is 6.05. The molecule has 21 heavy (non-hydrogen) atoms. The highest BCUT2D eigenvalue weighted by molar-refractivity contribution is 9.10. The monoisotopic (exact) mass is 376 g/mol. The molecule has 0 spiro atoms. The number of alkyl halides is 3. The molecule has 0 amide bonds. The topological polar surface area (TPSA) is 38.9 Å². The van der Waals surface area contributed by atoms with E-state index >= 15 is 0 Å². The van der Waals surface area contributed by atoms with Crippen molar-refractivity contribution in [2.24, 2.45) is 5.73 Å². The highest BCUT2D eigenvalue weighted by Gasteiger charge is 2.30. The van der Waals surface area contributed by atoms with E-state index in [1.165, 1.54) is 17.8 Å². The van der Waals surface area contributed by atoms with Crippen molar-refractivity contribution in [2.45, 2.75) is 16.5 Å². The molecule has 1 unspecified atom stereocenters. The van der Waals surface area contributed by atoms with Crippen molar-refractivity contribution >= 4 is 27.7 Å². The van der Waals surface area contributed by atoms with Crippen molar-refractivity contribution < 1.29 is 13.2 Å². The van der Waals surface area contributed by atoms with Gasteiger partial charge in [-0.2, -0.15) is 13.2 Å². The van der Waals surface area contributed by atoms with Crippen LogP contribution in [0.3, 0.4) is 0 Å². The van der Waals surface area contributed by atoms with Gasteiger partial charge in [0.1, 0.15) is 0 Å². The third kappa shape index (κ3) is 4.46. The maximum atomic E-state index is 12.5. The van der Waals surface area contributed by atoms with Crippen LogP contribution in [0.15, 0.2) is 52.1 Å². The van der Waals surface area contributed by atoms with Gasteiger partial charge in [0.05, 0.1) is 10.6 Å². The molecule has 112 valence electrons. The van der Waals surface area contributed by atoms with Crippen molar-refractivity contribution in [3.05, 3.63) is 58.2 Å². The van der Waals surface area contributed by atoms with Gasteiger partial charge in [-0.05, 0) is 29.8 Å². The van der Waals surface area contributed by atoms with Crippen LogP contribution >= 0.6 is 27.7 Å². The highest BCUT2D eigenvalue weighted by atomic mass is 79.9. The largest absolute Gasteiger partial charge is 0.417 e. The fourth-order valence-electron chi connectivity index (χ4n) is 1.69. The van der Waals surface area contributed by atoms with Crippen LogP contribution in [0.4, 0.5) is 13.2 Å². The standard InChI is InChI=1S/C14H12BrF3N2S/c15-11-4-1-9(2-5-11)12(7-19)21-13-6-3-10(8-20-13)14(16,17)18/h1-6,8,12H,7,19H2. The molecular formula is C14H12BrF3N2S. The van der Waals surface area contributed by atoms with Crippen molar-refractivity contribution in [3.63, 3.8) is 0 Å². The van der Waals surface area contributed by atoms with Crippen LogP contribution in [-0.4, -0.2) is 11.5 Å². The first-order valence-corrected chi connectivity index (χ1v) is 7.73. The molecule has 1 aromatic carbocycles. The van der Waals surface area contributed by atoms with Crippen LogP contribution in [0.25, 0.3) is 0 Å². The van der Waals surface area contributed by atoms with Gasteiger partial charge in [0.2, 0.25) is 0 Å². The second-order valence-electron chi connectivity index (χ2n) is 4.28. The van der Waals surface area contributed by atoms with Crippen LogP contribution < -0.4 is 5.73 Å². The number of aromatic nitrogens is 1. The van der Waals surface area contributed by atoms with E-state index in [4.69, 9.17) is 5.73 Å². The van der Waals surface area contributed by atoms with E-state index in [1.807, 2.05) is 24.3 Å². The Hall–Kier alpha value is -1.05. The number of benzene rings is 1. The van der Waals surface area contributed by atoms with Gasteiger partial charge in [-0.15, -0.1) is 0 Å². The molecule has 0 aliphatic rings. The van der Waals surface area contributed by atoms with Crippen molar-refractivity contribution in [3.8, 4) is 0 Å². The van der Waals surface area contributed by atoms with E-state index in [9.17, 15) is 13.2 Å². The SMILES string of the molecule is NCC(Sc1ccc(C(F)(F)F)cn1)c1ccc(Br)cc1. The molecule has 0 aliphatic carbocycles. The number of halogens is 4. The van der Waals surface area contributed by atoms with E-state index < -0.39 is 11.7 Å². The Morgan fingerprint density at radius 1 is 1.14 bits per heavy atom. The minimum Gasteiger partial charge on any atom is -0.329 e. The second-order valence-corrected chi connectivity index (χ2v) is 6.42. The lowest BCUT2D eigenvalue weighted by molar-refractivity contribution is -0.137. The number of hydrogen-bond donors (Lipinski definition) is 1.